The number of pyridine rings is 1. The molecule has 5 nitrogen and oxygen atoms in total. The minimum absolute atomic E-state index is 0. The van der Waals surface area contributed by atoms with E-state index >= 15 is 0 Å². The molecule has 41 heavy (non-hydrogen) atoms. The van der Waals surface area contributed by atoms with Gasteiger partial charge in [0.2, 0.25) is 5.91 Å². The van der Waals surface area contributed by atoms with Crippen LogP contribution in [0.4, 0.5) is 0 Å². The van der Waals surface area contributed by atoms with Crippen molar-refractivity contribution in [3.05, 3.63) is 59.4 Å². The number of carbonyl (C=O) groups excluding carboxylic acids is 2. The van der Waals surface area contributed by atoms with Crippen molar-refractivity contribution in [1.82, 2.24) is 4.90 Å². The number of hydrogen-bond donors (Lipinski definition) is 0. The van der Waals surface area contributed by atoms with Gasteiger partial charge >= 0.3 is 0 Å². The van der Waals surface area contributed by atoms with Crippen LogP contribution in [0, 0.1) is 6.92 Å². The number of halogens is 1. The Morgan fingerprint density at radius 3 is 2.02 bits per heavy atom. The Balaban J connectivity index is 0.00000840. The normalized spacial score (nSPS) is 10.7. The van der Waals surface area contributed by atoms with Crippen LogP contribution in [-0.4, -0.2) is 29.9 Å². The molecule has 0 saturated heterocycles. The second kappa shape index (κ2) is 22.6. The number of ether oxygens (including phenoxy) is 1. The van der Waals surface area contributed by atoms with Crippen LogP contribution < -0.4 is 33.3 Å². The Labute approximate surface area is 267 Å². The van der Waals surface area contributed by atoms with E-state index in [-0.39, 0.29) is 35.8 Å². The molecular weight excluding hydrogens is 623 g/mol. The van der Waals surface area contributed by atoms with Crippen LogP contribution in [0.2, 0.25) is 0 Å². The van der Waals surface area contributed by atoms with Crippen LogP contribution in [-0.2, 0) is 17.8 Å². The largest absolute Gasteiger partial charge is 1.00 e. The third-order valence-electron chi connectivity index (χ3n) is 7.71. The number of rotatable bonds is 21. The molecule has 2 rings (SSSR count). The summed E-state index contributed by atoms with van der Waals surface area (Å²) in [4.78, 5) is 27.2. The Kier molecular flexibility index (Phi) is 20.4. The molecule has 0 unspecified atom stereocenters. The quantitative estimate of drug-likeness (QED) is 0.101. The van der Waals surface area contributed by atoms with E-state index in [0.29, 0.717) is 18.7 Å². The molecule has 0 radical (unpaired) electrons. The fourth-order valence-electron chi connectivity index (χ4n) is 5.29. The third-order valence-corrected chi connectivity index (χ3v) is 7.71. The lowest BCUT2D eigenvalue weighted by molar-refractivity contribution is -0.704. The minimum atomic E-state index is -0.240. The van der Waals surface area contributed by atoms with Gasteiger partial charge in [0.25, 0.3) is 5.91 Å². The number of imide groups is 1. The summed E-state index contributed by atoms with van der Waals surface area (Å²) < 4.78 is 8.33. The molecule has 1 aromatic heterocycles. The van der Waals surface area contributed by atoms with E-state index in [4.69, 9.17) is 4.74 Å². The monoisotopic (exact) mass is 678 g/mol. The molecule has 0 aliphatic rings. The standard InChI is InChI=1S/C35H55N2O3.HI/c1-5-7-8-9-10-11-12-13-14-15-16-19-29-40-34-25-20-24-33(30(34)3)35(39)37(31(4)38)28-21-23-32-22-17-18-27-36(32)26-6-2;/h17-18,20,22,24-25,27H,5-16,19,21,23,26,28-29H2,1-4H3;1H/q+1;/p-1. The van der Waals surface area contributed by atoms with E-state index in [0.717, 1.165) is 43.5 Å². The number of amides is 2. The number of hydrogen-bond acceptors (Lipinski definition) is 3. The first-order chi connectivity index (χ1) is 19.5. The average Bonchev–Trinajstić information content (AvgIpc) is 2.95. The lowest BCUT2D eigenvalue weighted by atomic mass is 10.1. The summed E-state index contributed by atoms with van der Waals surface area (Å²) in [6.45, 7) is 9.85. The first-order valence-electron chi connectivity index (χ1n) is 16.0. The molecule has 1 heterocycles. The van der Waals surface area contributed by atoms with Crippen molar-refractivity contribution in [3.8, 4) is 5.75 Å². The zero-order chi connectivity index (χ0) is 29.0. The Hall–Kier alpha value is -1.96. The van der Waals surface area contributed by atoms with Crippen molar-refractivity contribution in [3.63, 3.8) is 0 Å². The fraction of sp³-hybridized carbons (Fsp3) is 0.629. The number of benzene rings is 1. The molecule has 0 saturated carbocycles. The second-order valence-corrected chi connectivity index (χ2v) is 11.1. The Morgan fingerprint density at radius 2 is 1.41 bits per heavy atom. The molecule has 0 aliphatic carbocycles. The van der Waals surface area contributed by atoms with Gasteiger partial charge in [-0.05, 0) is 31.9 Å². The predicted molar refractivity (Wildman–Crippen MR) is 165 cm³/mol. The second-order valence-electron chi connectivity index (χ2n) is 11.1. The zero-order valence-electron chi connectivity index (χ0n) is 26.3. The zero-order valence-corrected chi connectivity index (χ0v) is 28.4. The molecule has 0 aliphatic heterocycles. The predicted octanol–water partition coefficient (Wildman–Crippen LogP) is 5.40. The molecule has 0 fully saturated rings. The first kappa shape index (κ1) is 37.1. The van der Waals surface area contributed by atoms with Crippen LogP contribution in [0.3, 0.4) is 0 Å². The van der Waals surface area contributed by atoms with Gasteiger partial charge in [-0.1, -0.05) is 96.6 Å². The SMILES string of the molecule is CCCCCCCCCCCCCCOc1cccc(C(=O)N(CCCc2cccc[n+]2CCC)C(C)=O)c1C.[I-]. The number of unbranched alkanes of at least 4 members (excludes halogenated alkanes) is 11. The van der Waals surface area contributed by atoms with Gasteiger partial charge in [-0.25, -0.2) is 4.57 Å². The van der Waals surface area contributed by atoms with Crippen molar-refractivity contribution < 1.29 is 42.9 Å². The lowest BCUT2D eigenvalue weighted by Gasteiger charge is -2.21. The highest BCUT2D eigenvalue weighted by Crippen LogP contribution is 2.23. The fourth-order valence-corrected chi connectivity index (χ4v) is 5.29. The molecule has 0 bridgehead atoms. The molecule has 0 atom stereocenters. The van der Waals surface area contributed by atoms with Gasteiger partial charge in [0.15, 0.2) is 11.9 Å². The van der Waals surface area contributed by atoms with Crippen LogP contribution >= 0.6 is 0 Å². The van der Waals surface area contributed by atoms with Crippen molar-refractivity contribution in [1.29, 1.82) is 0 Å². The molecule has 2 amide bonds. The third kappa shape index (κ3) is 14.2. The number of aromatic nitrogens is 1. The molecule has 1 aromatic carbocycles. The topological polar surface area (TPSA) is 50.5 Å². The van der Waals surface area contributed by atoms with Gasteiger partial charge in [-0.15, -0.1) is 0 Å². The molecule has 230 valence electrons. The van der Waals surface area contributed by atoms with E-state index < -0.39 is 0 Å². The Bertz CT molecular complexity index is 1010. The number of aryl methyl sites for hydroxylation is 2. The lowest BCUT2D eigenvalue weighted by Crippen LogP contribution is -3.00. The summed E-state index contributed by atoms with van der Waals surface area (Å²) in [5.41, 5.74) is 2.58. The molecule has 6 heteroatoms. The first-order valence-corrected chi connectivity index (χ1v) is 16.0. The van der Waals surface area contributed by atoms with Gasteiger partial charge in [0.1, 0.15) is 12.3 Å². The molecular formula is C35H55IN2O3. The van der Waals surface area contributed by atoms with Crippen LogP contribution in [0.25, 0.3) is 0 Å². The molecule has 0 spiro atoms. The molecule has 0 N–H and O–H groups in total. The maximum Gasteiger partial charge on any atom is 0.260 e. The van der Waals surface area contributed by atoms with Crippen LogP contribution in [0.1, 0.15) is 132 Å². The number of nitrogens with zero attached hydrogens (tertiary/aromatic N) is 2. The average molecular weight is 679 g/mol. The van der Waals surface area contributed by atoms with E-state index in [1.807, 2.05) is 31.2 Å². The maximum absolute atomic E-state index is 13.4. The summed E-state index contributed by atoms with van der Waals surface area (Å²) in [7, 11) is 0. The summed E-state index contributed by atoms with van der Waals surface area (Å²) >= 11 is 0. The van der Waals surface area contributed by atoms with Crippen molar-refractivity contribution in [2.75, 3.05) is 13.2 Å². The van der Waals surface area contributed by atoms with Gasteiger partial charge in [-0.2, -0.15) is 0 Å². The summed E-state index contributed by atoms with van der Waals surface area (Å²) in [5, 5.41) is 0. The van der Waals surface area contributed by atoms with Gasteiger partial charge < -0.3 is 28.7 Å². The van der Waals surface area contributed by atoms with Gasteiger partial charge in [-0.3, -0.25) is 14.5 Å². The summed E-state index contributed by atoms with van der Waals surface area (Å²) in [6, 6.07) is 11.8. The summed E-state index contributed by atoms with van der Waals surface area (Å²) in [5.74, 6) is 0.277. The number of carbonyl (C=O) groups is 2. The van der Waals surface area contributed by atoms with E-state index in [2.05, 4.69) is 30.7 Å². The van der Waals surface area contributed by atoms with Crippen molar-refractivity contribution >= 4 is 11.8 Å². The summed E-state index contributed by atoms with van der Waals surface area (Å²) in [6.07, 6.45) is 20.5. The highest BCUT2D eigenvalue weighted by molar-refractivity contribution is 6.05. The van der Waals surface area contributed by atoms with Crippen molar-refractivity contribution in [2.24, 2.45) is 0 Å². The van der Waals surface area contributed by atoms with Gasteiger partial charge in [0.05, 0.1) is 6.61 Å². The molecule has 2 aromatic rings. The Morgan fingerprint density at radius 1 is 0.780 bits per heavy atom. The smallest absolute Gasteiger partial charge is 0.260 e. The minimum Gasteiger partial charge on any atom is -1.00 e. The van der Waals surface area contributed by atoms with Crippen molar-refractivity contribution in [2.45, 2.75) is 131 Å². The van der Waals surface area contributed by atoms with Gasteiger partial charge in [0, 0.05) is 49.6 Å². The van der Waals surface area contributed by atoms with Crippen LogP contribution in [0.5, 0.6) is 5.75 Å². The van der Waals surface area contributed by atoms with Crippen LogP contribution in [0.15, 0.2) is 42.6 Å². The van der Waals surface area contributed by atoms with E-state index in [9.17, 15) is 9.59 Å². The maximum atomic E-state index is 13.4. The van der Waals surface area contributed by atoms with E-state index in [1.54, 1.807) is 6.07 Å². The highest BCUT2D eigenvalue weighted by Gasteiger charge is 2.23. The highest BCUT2D eigenvalue weighted by atomic mass is 127. The van der Waals surface area contributed by atoms with E-state index in [1.165, 1.54) is 88.1 Å².